The minimum atomic E-state index is -0.323. The highest BCUT2D eigenvalue weighted by atomic mass is 31.0. The Morgan fingerprint density at radius 1 is 1.32 bits per heavy atom. The number of hydrogen-bond acceptors (Lipinski definition) is 3. The minimum Gasteiger partial charge on any atom is -0.507 e. The van der Waals surface area contributed by atoms with Crippen molar-refractivity contribution in [3.05, 3.63) is 56.8 Å². The van der Waals surface area contributed by atoms with E-state index in [1.165, 1.54) is 10.7 Å². The molecule has 7 heteroatoms. The Morgan fingerprint density at radius 3 is 2.60 bits per heavy atom. The Hall–Kier alpha value is -1.91. The van der Waals surface area contributed by atoms with Crippen LogP contribution in [0.15, 0.2) is 28.6 Å². The summed E-state index contributed by atoms with van der Waals surface area (Å²) in [5.74, 6) is -0.249. The van der Waals surface area contributed by atoms with E-state index in [-0.39, 0.29) is 36.8 Å². The minimum absolute atomic E-state index is 0.0741. The second-order valence-corrected chi connectivity index (χ2v) is 6.95. The maximum atomic E-state index is 13.5. The third-order valence-electron chi connectivity index (χ3n) is 4.72. The van der Waals surface area contributed by atoms with Crippen LogP contribution in [0, 0.1) is 12.7 Å². The highest BCUT2D eigenvalue weighted by Gasteiger charge is 2.24. The van der Waals surface area contributed by atoms with Crippen molar-refractivity contribution in [1.82, 2.24) is 9.36 Å². The fourth-order valence-corrected chi connectivity index (χ4v) is 3.46. The predicted molar refractivity (Wildman–Crippen MR) is 98.8 cm³/mol. The molecule has 1 unspecified atom stereocenters. The van der Waals surface area contributed by atoms with Gasteiger partial charge >= 0.3 is 0 Å². The molecule has 1 heterocycles. The van der Waals surface area contributed by atoms with Gasteiger partial charge in [0.15, 0.2) is 0 Å². The molecule has 1 atom stereocenters. The summed E-state index contributed by atoms with van der Waals surface area (Å²) in [4.78, 5) is 12.9. The lowest BCUT2D eigenvalue weighted by Crippen LogP contribution is -2.26. The molecule has 1 saturated carbocycles. The first-order valence-electron chi connectivity index (χ1n) is 8.30. The monoisotopic (exact) mass is 364 g/mol. The van der Waals surface area contributed by atoms with Gasteiger partial charge in [0.25, 0.3) is 5.56 Å². The van der Waals surface area contributed by atoms with Crippen LogP contribution in [0.1, 0.15) is 36.1 Å². The van der Waals surface area contributed by atoms with E-state index in [1.807, 2.05) is 0 Å². The molecule has 0 aliphatic heterocycles. The van der Waals surface area contributed by atoms with E-state index >= 15 is 0 Å². The summed E-state index contributed by atoms with van der Waals surface area (Å²) < 4.78 is 16.6. The normalized spacial score (nSPS) is 13.8. The van der Waals surface area contributed by atoms with Crippen LogP contribution in [0.3, 0.4) is 0 Å². The molecule has 1 aliphatic carbocycles. The smallest absolute Gasteiger partial charge is 0.278 e. The Labute approximate surface area is 147 Å². The first kappa shape index (κ1) is 17.9. The van der Waals surface area contributed by atoms with Crippen molar-refractivity contribution in [2.45, 2.75) is 39.3 Å². The van der Waals surface area contributed by atoms with Crippen LogP contribution in [0.25, 0.3) is 5.76 Å². The lowest BCUT2D eigenvalue weighted by atomic mass is 9.89. The van der Waals surface area contributed by atoms with Crippen molar-refractivity contribution < 1.29 is 14.6 Å². The van der Waals surface area contributed by atoms with Gasteiger partial charge in [0.2, 0.25) is 0 Å². The second kappa shape index (κ2) is 7.14. The molecule has 25 heavy (non-hydrogen) atoms. The average Bonchev–Trinajstić information content (AvgIpc) is 2.73. The maximum Gasteiger partial charge on any atom is 0.278 e. The summed E-state index contributed by atoms with van der Waals surface area (Å²) >= 11 is 0. The van der Waals surface area contributed by atoms with Gasteiger partial charge in [-0.3, -0.25) is 9.48 Å². The lowest BCUT2D eigenvalue weighted by molar-refractivity contribution is 0.256. The fourth-order valence-electron chi connectivity index (χ4n) is 3.15. The maximum absolute atomic E-state index is 13.5. The van der Waals surface area contributed by atoms with E-state index in [4.69, 9.17) is 0 Å². The SMILES string of the molecule is Cc1c(C(O)=C2CCC2)c(=O)n(Cc2ccc(F)c(P)c2)n1CCO. The molecule has 2 aromatic rings. The summed E-state index contributed by atoms with van der Waals surface area (Å²) in [5.41, 5.74) is 2.31. The van der Waals surface area contributed by atoms with E-state index in [0.717, 1.165) is 30.4 Å². The van der Waals surface area contributed by atoms with Gasteiger partial charge in [-0.15, -0.1) is 9.24 Å². The number of aliphatic hydroxyl groups excluding tert-OH is 2. The van der Waals surface area contributed by atoms with Crippen LogP contribution < -0.4 is 10.9 Å². The standard InChI is InChI=1S/C18H22FN2O3P/c1-11-16(17(23)13-3-2-4-13)18(24)21(20(11)7-8-22)10-12-5-6-14(19)15(25)9-12/h5-6,9,22-23H,2-4,7-8,10,25H2,1H3. The third-order valence-corrected chi connectivity index (χ3v) is 5.16. The zero-order valence-corrected chi connectivity index (χ0v) is 15.3. The van der Waals surface area contributed by atoms with Gasteiger partial charge in [0.05, 0.1) is 19.7 Å². The van der Waals surface area contributed by atoms with Gasteiger partial charge in [0, 0.05) is 11.0 Å². The van der Waals surface area contributed by atoms with Crippen molar-refractivity contribution in [2.24, 2.45) is 0 Å². The molecule has 1 aromatic carbocycles. The molecule has 0 radical (unpaired) electrons. The first-order chi connectivity index (χ1) is 11.9. The average molecular weight is 364 g/mol. The largest absolute Gasteiger partial charge is 0.507 e. The summed E-state index contributed by atoms with van der Waals surface area (Å²) in [7, 11) is 2.33. The number of hydrogen-bond donors (Lipinski definition) is 2. The van der Waals surface area contributed by atoms with Gasteiger partial charge < -0.3 is 10.2 Å². The molecule has 1 aromatic heterocycles. The Balaban J connectivity index is 2.08. The molecule has 134 valence electrons. The Kier molecular flexibility index (Phi) is 5.11. The number of nitrogens with zero attached hydrogens (tertiary/aromatic N) is 2. The van der Waals surface area contributed by atoms with E-state index in [1.54, 1.807) is 23.7 Å². The molecule has 3 rings (SSSR count). The van der Waals surface area contributed by atoms with Crippen molar-refractivity contribution in [1.29, 1.82) is 0 Å². The molecule has 0 spiro atoms. The van der Waals surface area contributed by atoms with Gasteiger partial charge in [0.1, 0.15) is 17.1 Å². The molecule has 0 bridgehead atoms. The zero-order chi connectivity index (χ0) is 18.1. The highest BCUT2D eigenvalue weighted by molar-refractivity contribution is 7.27. The Morgan fingerprint density at radius 2 is 2.04 bits per heavy atom. The third kappa shape index (κ3) is 3.29. The highest BCUT2D eigenvalue weighted by Crippen LogP contribution is 2.32. The lowest BCUT2D eigenvalue weighted by Gasteiger charge is -2.18. The van der Waals surface area contributed by atoms with E-state index in [0.29, 0.717) is 16.6 Å². The number of aromatic nitrogens is 2. The first-order valence-corrected chi connectivity index (χ1v) is 8.88. The second-order valence-electron chi connectivity index (χ2n) is 6.33. The number of halogens is 1. The zero-order valence-electron chi connectivity index (χ0n) is 14.1. The van der Waals surface area contributed by atoms with Crippen molar-refractivity contribution in [3.8, 4) is 0 Å². The summed E-state index contributed by atoms with van der Waals surface area (Å²) in [5, 5.41) is 20.3. The molecule has 5 nitrogen and oxygen atoms in total. The van der Waals surface area contributed by atoms with Gasteiger partial charge in [-0.2, -0.15) is 0 Å². The van der Waals surface area contributed by atoms with E-state index < -0.39 is 0 Å². The van der Waals surface area contributed by atoms with Crippen LogP contribution >= 0.6 is 9.24 Å². The van der Waals surface area contributed by atoms with Crippen molar-refractivity contribution in [3.63, 3.8) is 0 Å². The summed E-state index contributed by atoms with van der Waals surface area (Å²) in [6, 6.07) is 4.66. The molecule has 1 fully saturated rings. The molecule has 0 saturated heterocycles. The van der Waals surface area contributed by atoms with Crippen LogP contribution in [0.4, 0.5) is 4.39 Å². The van der Waals surface area contributed by atoms with Gasteiger partial charge in [-0.1, -0.05) is 6.07 Å². The van der Waals surface area contributed by atoms with E-state index in [2.05, 4.69) is 9.24 Å². The van der Waals surface area contributed by atoms with Gasteiger partial charge in [-0.05, 0) is 49.5 Å². The molecule has 1 aliphatic rings. The molecule has 0 amide bonds. The van der Waals surface area contributed by atoms with Crippen LogP contribution in [0.5, 0.6) is 0 Å². The number of aliphatic hydroxyl groups is 2. The molecular weight excluding hydrogens is 342 g/mol. The number of allylic oxidation sites excluding steroid dienone is 1. The quantitative estimate of drug-likeness (QED) is 0.631. The van der Waals surface area contributed by atoms with Crippen LogP contribution in [0.2, 0.25) is 0 Å². The number of rotatable bonds is 5. The summed E-state index contributed by atoms with van der Waals surface area (Å²) in [6.45, 7) is 2.14. The fraction of sp³-hybridized carbons (Fsp3) is 0.389. The van der Waals surface area contributed by atoms with Crippen LogP contribution in [-0.2, 0) is 13.1 Å². The van der Waals surface area contributed by atoms with Gasteiger partial charge in [-0.25, -0.2) is 9.07 Å². The Bertz CT molecular complexity index is 892. The summed E-state index contributed by atoms with van der Waals surface area (Å²) in [6.07, 6.45) is 2.64. The van der Waals surface area contributed by atoms with Crippen molar-refractivity contribution >= 4 is 20.3 Å². The molecular formula is C18H22FN2O3P. The predicted octanol–water partition coefficient (Wildman–Crippen LogP) is 2.09. The van der Waals surface area contributed by atoms with Crippen LogP contribution in [-0.4, -0.2) is 26.2 Å². The van der Waals surface area contributed by atoms with Crippen molar-refractivity contribution in [2.75, 3.05) is 6.61 Å². The van der Waals surface area contributed by atoms with E-state index in [9.17, 15) is 19.4 Å². The molecule has 2 N–H and O–H groups in total. The number of benzene rings is 1. The topological polar surface area (TPSA) is 67.4 Å².